The lowest BCUT2D eigenvalue weighted by Crippen LogP contribution is -2.06. The molecule has 18 heteroatoms. The molecule has 0 amide bonds. The predicted octanol–water partition coefficient (Wildman–Crippen LogP) is -1.53. The second-order valence-electron chi connectivity index (χ2n) is 4.27. The molecule has 0 rings (SSSR count). The zero-order chi connectivity index (χ0) is 22.1. The molecule has 0 radical (unpaired) electrons. The molecule has 0 aliphatic rings. The van der Waals surface area contributed by atoms with Crippen molar-refractivity contribution in [1.82, 2.24) is 0 Å². The Kier molecular flexibility index (Phi) is 26.1. The van der Waals surface area contributed by atoms with Crippen molar-refractivity contribution >= 4 is 30.4 Å². The summed E-state index contributed by atoms with van der Waals surface area (Å²) in [6.07, 6.45) is 0.944. The average molecular weight is 458 g/mol. The number of hydrogen-bond donors (Lipinski definition) is 10. The monoisotopic (exact) mass is 458 g/mol. The van der Waals surface area contributed by atoms with Gasteiger partial charge in [-0.1, -0.05) is 0 Å². The smallest absolute Gasteiger partial charge is 0.322 e. The summed E-state index contributed by atoms with van der Waals surface area (Å²) in [5, 5.41) is 0. The Morgan fingerprint density at radius 2 is 0.600 bits per heavy atom. The molecule has 0 aromatic carbocycles. The summed E-state index contributed by atoms with van der Waals surface area (Å²) in [6.45, 7) is 4.85. The molecule has 0 aliphatic heterocycles. The second kappa shape index (κ2) is 17.9. The van der Waals surface area contributed by atoms with Gasteiger partial charge in [-0.15, -0.1) is 0 Å². The zero-order valence-corrected chi connectivity index (χ0v) is 17.9. The fraction of sp³-hybridized carbons (Fsp3) is 1.00. The van der Waals surface area contributed by atoms with Crippen LogP contribution in [-0.4, -0.2) is 78.9 Å². The highest BCUT2D eigenvalue weighted by Gasteiger charge is 1.96. The van der Waals surface area contributed by atoms with Crippen LogP contribution in [0.1, 0.15) is 6.42 Å². The van der Waals surface area contributed by atoms with Crippen molar-refractivity contribution in [2.24, 2.45) is 11.5 Å². The van der Waals surface area contributed by atoms with Crippen LogP contribution in [0.4, 0.5) is 0 Å². The standard InChI is InChI=1S/C3H10N2.4CH5O3P/c4-2-1-3-5;4*1-5(2,3)4/h1-5H2;4*1H3,(H2,2,3,4). The topological polar surface area (TPSA) is 282 Å². The van der Waals surface area contributed by atoms with E-state index in [1.807, 2.05) is 0 Å². The van der Waals surface area contributed by atoms with Crippen molar-refractivity contribution in [3.8, 4) is 0 Å². The van der Waals surface area contributed by atoms with E-state index >= 15 is 0 Å². The molecule has 0 aliphatic carbocycles. The van der Waals surface area contributed by atoms with E-state index in [1.165, 1.54) is 0 Å². The van der Waals surface area contributed by atoms with E-state index in [2.05, 4.69) is 0 Å². The maximum atomic E-state index is 9.33. The summed E-state index contributed by atoms with van der Waals surface area (Å²) >= 11 is 0. The lowest BCUT2D eigenvalue weighted by molar-refractivity contribution is 0.379. The van der Waals surface area contributed by atoms with Gasteiger partial charge in [0.25, 0.3) is 0 Å². The minimum absolute atomic E-state index is 0.719. The Morgan fingerprint density at radius 3 is 0.600 bits per heavy atom. The number of hydrogen-bond acceptors (Lipinski definition) is 6. The summed E-state index contributed by atoms with van der Waals surface area (Å²) in [6, 6.07) is 0. The molecule has 160 valence electrons. The highest BCUT2D eigenvalue weighted by atomic mass is 31.2. The first-order valence-electron chi connectivity index (χ1n) is 5.94. The third kappa shape index (κ3) is 1960. The molecule has 0 aromatic rings. The van der Waals surface area contributed by atoms with Gasteiger partial charge in [0.05, 0.1) is 0 Å². The van der Waals surface area contributed by atoms with Gasteiger partial charge >= 0.3 is 30.4 Å². The van der Waals surface area contributed by atoms with Crippen LogP contribution in [0.15, 0.2) is 0 Å². The van der Waals surface area contributed by atoms with Crippen molar-refractivity contribution in [3.63, 3.8) is 0 Å². The van der Waals surface area contributed by atoms with Gasteiger partial charge in [0.2, 0.25) is 0 Å². The van der Waals surface area contributed by atoms with Crippen molar-refractivity contribution in [2.45, 2.75) is 6.42 Å². The van der Waals surface area contributed by atoms with Gasteiger partial charge in [0.15, 0.2) is 0 Å². The third-order valence-corrected chi connectivity index (χ3v) is 0.408. The quantitative estimate of drug-likeness (QED) is 0.210. The Balaban J connectivity index is -0.0000000667. The van der Waals surface area contributed by atoms with E-state index in [1.54, 1.807) is 0 Å². The van der Waals surface area contributed by atoms with E-state index in [0.717, 1.165) is 46.2 Å². The molecule has 14 nitrogen and oxygen atoms in total. The molecule has 0 spiro atoms. The van der Waals surface area contributed by atoms with Crippen molar-refractivity contribution in [2.75, 3.05) is 39.7 Å². The number of rotatable bonds is 2. The normalized spacial score (nSPS) is 11.1. The Labute approximate surface area is 146 Å². The van der Waals surface area contributed by atoms with Crippen LogP contribution < -0.4 is 11.5 Å². The molecule has 0 heterocycles. The summed E-state index contributed by atoms with van der Waals surface area (Å²) < 4.78 is 37.3. The Bertz CT molecular complexity index is 347. The van der Waals surface area contributed by atoms with Crippen LogP contribution in [-0.2, 0) is 18.3 Å². The molecule has 0 unspecified atom stereocenters. The maximum Gasteiger partial charge on any atom is 0.322 e. The van der Waals surface area contributed by atoms with Crippen LogP contribution in [0, 0.1) is 0 Å². The molecule has 0 bridgehead atoms. The highest BCUT2D eigenvalue weighted by molar-refractivity contribution is 7.51. The Morgan fingerprint density at radius 1 is 0.520 bits per heavy atom. The Hall–Kier alpha value is 0.520. The van der Waals surface area contributed by atoms with Gasteiger partial charge in [-0.3, -0.25) is 18.3 Å². The lowest BCUT2D eigenvalue weighted by Gasteiger charge is -1.84. The lowest BCUT2D eigenvalue weighted by atomic mass is 10.4. The molecular formula is C7H30N2O12P4. The first-order valence-corrected chi connectivity index (χ1v) is 14.2. The summed E-state index contributed by atoms with van der Waals surface area (Å²) in [4.78, 5) is 61.1. The van der Waals surface area contributed by atoms with Crippen LogP contribution in [0.3, 0.4) is 0 Å². The zero-order valence-electron chi connectivity index (χ0n) is 14.3. The molecular weight excluding hydrogens is 428 g/mol. The SMILES string of the molecule is CP(=O)(O)O.CP(=O)(O)O.CP(=O)(O)O.CP(=O)(O)O.NCCCN. The molecule has 12 N–H and O–H groups in total. The average Bonchev–Trinajstić information content (AvgIpc) is 2.06. The minimum atomic E-state index is -3.64. The van der Waals surface area contributed by atoms with Crippen LogP contribution in [0.2, 0.25) is 0 Å². The van der Waals surface area contributed by atoms with Crippen molar-refractivity contribution < 1.29 is 57.4 Å². The summed E-state index contributed by atoms with van der Waals surface area (Å²) in [7, 11) is -14.6. The van der Waals surface area contributed by atoms with E-state index in [9.17, 15) is 18.3 Å². The summed E-state index contributed by atoms with van der Waals surface area (Å²) in [5.74, 6) is 0. The highest BCUT2D eigenvalue weighted by Crippen LogP contribution is 2.27. The van der Waals surface area contributed by atoms with Gasteiger partial charge in [-0.05, 0) is 19.5 Å². The first kappa shape index (κ1) is 36.4. The van der Waals surface area contributed by atoms with Gasteiger partial charge in [-0.2, -0.15) is 0 Å². The van der Waals surface area contributed by atoms with Gasteiger partial charge in [0.1, 0.15) is 0 Å². The molecule has 0 fully saturated rings. The predicted molar refractivity (Wildman–Crippen MR) is 94.6 cm³/mol. The van der Waals surface area contributed by atoms with Crippen LogP contribution in [0.5, 0.6) is 0 Å². The van der Waals surface area contributed by atoms with Crippen LogP contribution >= 0.6 is 30.4 Å². The summed E-state index contributed by atoms with van der Waals surface area (Å²) in [5.41, 5.74) is 10.1. The largest absolute Gasteiger partial charge is 0.330 e. The number of nitrogens with two attached hydrogens (primary N) is 2. The fourth-order valence-electron chi connectivity index (χ4n) is 0.118. The van der Waals surface area contributed by atoms with Crippen LogP contribution in [0.25, 0.3) is 0 Å². The van der Waals surface area contributed by atoms with Gasteiger partial charge < -0.3 is 50.6 Å². The molecule has 25 heavy (non-hydrogen) atoms. The minimum Gasteiger partial charge on any atom is -0.330 e. The fourth-order valence-corrected chi connectivity index (χ4v) is 0.118. The molecule has 0 aromatic heterocycles. The molecule has 0 saturated heterocycles. The van der Waals surface area contributed by atoms with E-state index < -0.39 is 30.4 Å². The van der Waals surface area contributed by atoms with Gasteiger partial charge in [-0.25, -0.2) is 0 Å². The van der Waals surface area contributed by atoms with Gasteiger partial charge in [0, 0.05) is 26.7 Å². The molecule has 0 atom stereocenters. The second-order valence-corrected chi connectivity index (χ2v) is 11.0. The first-order chi connectivity index (χ1) is 10.4. The molecule has 0 saturated carbocycles. The van der Waals surface area contributed by atoms with E-state index in [4.69, 9.17) is 50.6 Å². The van der Waals surface area contributed by atoms with Crippen molar-refractivity contribution in [1.29, 1.82) is 0 Å². The third-order valence-electron chi connectivity index (χ3n) is 0.408. The van der Waals surface area contributed by atoms with Crippen molar-refractivity contribution in [3.05, 3.63) is 0 Å². The van der Waals surface area contributed by atoms with E-state index in [0.29, 0.717) is 0 Å². The van der Waals surface area contributed by atoms with E-state index in [-0.39, 0.29) is 0 Å². The maximum absolute atomic E-state index is 9.33.